The van der Waals surface area contributed by atoms with Crippen LogP contribution in [0, 0.1) is 11.8 Å². The van der Waals surface area contributed by atoms with Gasteiger partial charge in [-0.3, -0.25) is 4.79 Å². The minimum Gasteiger partial charge on any atom is -0.341 e. The van der Waals surface area contributed by atoms with Crippen molar-refractivity contribution < 1.29 is 4.79 Å². The Morgan fingerprint density at radius 3 is 2.80 bits per heavy atom. The molecule has 3 nitrogen and oxygen atoms in total. The predicted molar refractivity (Wildman–Crippen MR) is 84.8 cm³/mol. The van der Waals surface area contributed by atoms with Gasteiger partial charge in [0.05, 0.1) is 0 Å². The van der Waals surface area contributed by atoms with Crippen molar-refractivity contribution in [2.45, 2.75) is 45.6 Å². The van der Waals surface area contributed by atoms with Crippen molar-refractivity contribution in [1.82, 2.24) is 4.90 Å². The van der Waals surface area contributed by atoms with Gasteiger partial charge in [0.2, 0.25) is 5.91 Å². The topological polar surface area (TPSA) is 46.3 Å². The van der Waals surface area contributed by atoms with E-state index in [0.29, 0.717) is 11.8 Å². The Labute approximate surface area is 126 Å². The van der Waals surface area contributed by atoms with E-state index in [1.54, 1.807) is 11.3 Å². The molecule has 0 aliphatic carbocycles. The van der Waals surface area contributed by atoms with E-state index in [9.17, 15) is 4.79 Å². The highest BCUT2D eigenvalue weighted by Gasteiger charge is 2.30. The number of thiophene rings is 1. The zero-order chi connectivity index (χ0) is 14.5. The van der Waals surface area contributed by atoms with Gasteiger partial charge in [0.15, 0.2) is 0 Å². The molecule has 1 aliphatic rings. The number of rotatable bonds is 5. The Balaban J connectivity index is 1.98. The van der Waals surface area contributed by atoms with E-state index in [2.05, 4.69) is 31.4 Å². The first kappa shape index (κ1) is 15.5. The largest absolute Gasteiger partial charge is 0.341 e. The third kappa shape index (κ3) is 3.83. The van der Waals surface area contributed by atoms with Crippen LogP contribution < -0.4 is 5.73 Å². The SMILES string of the molecule is CCC(CC)C(=O)N1CC(N)CC(Cc2cccs2)C1. The van der Waals surface area contributed by atoms with Gasteiger partial charge in [0.25, 0.3) is 0 Å². The lowest BCUT2D eigenvalue weighted by Crippen LogP contribution is -2.51. The summed E-state index contributed by atoms with van der Waals surface area (Å²) in [4.78, 5) is 15.9. The molecule has 1 amide bonds. The van der Waals surface area contributed by atoms with E-state index in [0.717, 1.165) is 38.8 Å². The quantitative estimate of drug-likeness (QED) is 0.907. The average Bonchev–Trinajstić information content (AvgIpc) is 2.92. The molecule has 1 aromatic rings. The van der Waals surface area contributed by atoms with Crippen molar-refractivity contribution in [2.75, 3.05) is 13.1 Å². The van der Waals surface area contributed by atoms with Crippen molar-refractivity contribution in [1.29, 1.82) is 0 Å². The van der Waals surface area contributed by atoms with Crippen LogP contribution in [0.1, 0.15) is 38.0 Å². The second-order valence-electron chi connectivity index (χ2n) is 5.90. The minimum absolute atomic E-state index is 0.132. The van der Waals surface area contributed by atoms with Crippen molar-refractivity contribution in [3.8, 4) is 0 Å². The molecule has 2 atom stereocenters. The molecule has 0 aromatic carbocycles. The van der Waals surface area contributed by atoms with Crippen LogP contribution in [0.4, 0.5) is 0 Å². The maximum absolute atomic E-state index is 12.5. The second kappa shape index (κ2) is 7.23. The van der Waals surface area contributed by atoms with Crippen LogP contribution in [-0.2, 0) is 11.2 Å². The molecular formula is C16H26N2OS. The number of carbonyl (C=O) groups is 1. The smallest absolute Gasteiger partial charge is 0.225 e. The van der Waals surface area contributed by atoms with E-state index in [4.69, 9.17) is 5.73 Å². The zero-order valence-electron chi connectivity index (χ0n) is 12.5. The molecule has 0 saturated carbocycles. The van der Waals surface area contributed by atoms with Gasteiger partial charge in [-0.1, -0.05) is 19.9 Å². The summed E-state index contributed by atoms with van der Waals surface area (Å²) in [5, 5.41) is 2.12. The Morgan fingerprint density at radius 2 is 2.20 bits per heavy atom. The van der Waals surface area contributed by atoms with Gasteiger partial charge in [-0.05, 0) is 43.0 Å². The number of likely N-dealkylation sites (tertiary alicyclic amines) is 1. The van der Waals surface area contributed by atoms with Gasteiger partial charge in [-0.25, -0.2) is 0 Å². The van der Waals surface area contributed by atoms with Crippen LogP contribution in [0.5, 0.6) is 0 Å². The second-order valence-corrected chi connectivity index (χ2v) is 6.93. The molecular weight excluding hydrogens is 268 g/mol. The summed E-state index contributed by atoms with van der Waals surface area (Å²) in [5.74, 6) is 0.986. The lowest BCUT2D eigenvalue weighted by atomic mass is 9.90. The molecule has 4 heteroatoms. The highest BCUT2D eigenvalue weighted by atomic mass is 32.1. The Hall–Kier alpha value is -0.870. The normalized spacial score (nSPS) is 23.3. The fraction of sp³-hybridized carbons (Fsp3) is 0.688. The molecule has 2 rings (SSSR count). The third-order valence-corrected chi connectivity index (χ3v) is 5.18. The Kier molecular flexibility index (Phi) is 5.61. The van der Waals surface area contributed by atoms with Crippen molar-refractivity contribution >= 4 is 17.2 Å². The van der Waals surface area contributed by atoms with Gasteiger partial charge in [0.1, 0.15) is 0 Å². The van der Waals surface area contributed by atoms with Crippen molar-refractivity contribution in [3.63, 3.8) is 0 Å². The predicted octanol–water partition coefficient (Wildman–Crippen LogP) is 2.90. The first-order chi connectivity index (χ1) is 9.63. The highest BCUT2D eigenvalue weighted by molar-refractivity contribution is 7.09. The van der Waals surface area contributed by atoms with Crippen molar-refractivity contribution in [2.24, 2.45) is 17.6 Å². The molecule has 2 heterocycles. The molecule has 20 heavy (non-hydrogen) atoms. The molecule has 112 valence electrons. The van der Waals surface area contributed by atoms with Gasteiger partial charge < -0.3 is 10.6 Å². The maximum Gasteiger partial charge on any atom is 0.225 e. The molecule has 0 bridgehead atoms. The molecule has 0 radical (unpaired) electrons. The van der Waals surface area contributed by atoms with E-state index in [1.807, 2.05) is 4.90 Å². The minimum atomic E-state index is 0.132. The standard InChI is InChI=1S/C16H26N2OS/c1-3-13(4-2)16(19)18-10-12(8-14(17)11-18)9-15-6-5-7-20-15/h5-7,12-14H,3-4,8-11,17H2,1-2H3. The molecule has 1 aliphatic heterocycles. The fourth-order valence-electron chi connectivity index (χ4n) is 3.18. The van der Waals surface area contributed by atoms with Gasteiger partial charge in [-0.2, -0.15) is 0 Å². The lowest BCUT2D eigenvalue weighted by molar-refractivity contribution is -0.138. The molecule has 1 saturated heterocycles. The molecule has 2 N–H and O–H groups in total. The van der Waals surface area contributed by atoms with Gasteiger partial charge in [-0.15, -0.1) is 11.3 Å². The number of piperidine rings is 1. The fourth-order valence-corrected chi connectivity index (χ4v) is 4.00. The van der Waals surface area contributed by atoms with Crippen LogP contribution in [0.2, 0.25) is 0 Å². The van der Waals surface area contributed by atoms with Crippen LogP contribution >= 0.6 is 11.3 Å². The van der Waals surface area contributed by atoms with Gasteiger partial charge in [0, 0.05) is 29.9 Å². The highest BCUT2D eigenvalue weighted by Crippen LogP contribution is 2.24. The molecule has 1 fully saturated rings. The van der Waals surface area contributed by atoms with Crippen LogP contribution in [0.15, 0.2) is 17.5 Å². The summed E-state index contributed by atoms with van der Waals surface area (Å²) in [5.41, 5.74) is 6.17. The molecule has 0 spiro atoms. The van der Waals surface area contributed by atoms with Gasteiger partial charge >= 0.3 is 0 Å². The van der Waals surface area contributed by atoms with Crippen LogP contribution in [0.3, 0.4) is 0 Å². The van der Waals surface area contributed by atoms with E-state index >= 15 is 0 Å². The van der Waals surface area contributed by atoms with Crippen molar-refractivity contribution in [3.05, 3.63) is 22.4 Å². The molecule has 2 unspecified atom stereocenters. The third-order valence-electron chi connectivity index (χ3n) is 4.29. The lowest BCUT2D eigenvalue weighted by Gasteiger charge is -2.38. The Bertz CT molecular complexity index is 414. The summed E-state index contributed by atoms with van der Waals surface area (Å²) in [6.07, 6.45) is 3.94. The average molecular weight is 294 g/mol. The summed E-state index contributed by atoms with van der Waals surface area (Å²) in [6, 6.07) is 4.40. The number of carbonyl (C=O) groups excluding carboxylic acids is 1. The number of nitrogens with zero attached hydrogens (tertiary/aromatic N) is 1. The number of hydrogen-bond donors (Lipinski definition) is 1. The number of hydrogen-bond acceptors (Lipinski definition) is 3. The number of nitrogens with two attached hydrogens (primary N) is 1. The zero-order valence-corrected chi connectivity index (χ0v) is 13.4. The summed E-state index contributed by atoms with van der Waals surface area (Å²) >= 11 is 1.80. The summed E-state index contributed by atoms with van der Waals surface area (Å²) in [7, 11) is 0. The first-order valence-electron chi connectivity index (χ1n) is 7.70. The van der Waals surface area contributed by atoms with E-state index < -0.39 is 0 Å². The number of amides is 1. The summed E-state index contributed by atoms with van der Waals surface area (Å²) in [6.45, 7) is 5.80. The Morgan fingerprint density at radius 1 is 1.45 bits per heavy atom. The first-order valence-corrected chi connectivity index (χ1v) is 8.58. The molecule has 1 aromatic heterocycles. The summed E-state index contributed by atoms with van der Waals surface area (Å²) < 4.78 is 0. The maximum atomic E-state index is 12.5. The monoisotopic (exact) mass is 294 g/mol. The van der Waals surface area contributed by atoms with E-state index in [1.165, 1.54) is 4.88 Å². The van der Waals surface area contributed by atoms with Crippen LogP contribution in [-0.4, -0.2) is 29.9 Å². The van der Waals surface area contributed by atoms with Crippen LogP contribution in [0.25, 0.3) is 0 Å². The van der Waals surface area contributed by atoms with E-state index in [-0.39, 0.29) is 12.0 Å².